The third kappa shape index (κ3) is 4.25. The third-order valence-electron chi connectivity index (χ3n) is 7.13. The molecule has 3 heterocycles. The van der Waals surface area contributed by atoms with Crippen LogP contribution in [0.3, 0.4) is 0 Å². The van der Waals surface area contributed by atoms with Gasteiger partial charge in [0, 0.05) is 51.2 Å². The van der Waals surface area contributed by atoms with Gasteiger partial charge in [-0.3, -0.25) is 19.1 Å². The lowest BCUT2D eigenvalue weighted by atomic mass is 9.79. The number of hydrogen-bond donors (Lipinski definition) is 1. The molecule has 0 bridgehead atoms. The first-order chi connectivity index (χ1) is 14.5. The van der Waals surface area contributed by atoms with Crippen LogP contribution < -0.4 is 5.32 Å². The van der Waals surface area contributed by atoms with Crippen molar-refractivity contribution in [1.82, 2.24) is 34.7 Å². The molecular formula is C22H37N7O. The molecular weight excluding hydrogens is 378 g/mol. The van der Waals surface area contributed by atoms with E-state index in [0.29, 0.717) is 13.0 Å². The van der Waals surface area contributed by atoms with Gasteiger partial charge < -0.3 is 10.2 Å². The minimum absolute atomic E-state index is 0.123. The van der Waals surface area contributed by atoms with Crippen LogP contribution in [0.5, 0.6) is 0 Å². The van der Waals surface area contributed by atoms with E-state index in [4.69, 9.17) is 0 Å². The number of aromatic nitrogens is 4. The molecule has 1 N–H and O–H groups in total. The van der Waals surface area contributed by atoms with Gasteiger partial charge in [0.25, 0.3) is 0 Å². The van der Waals surface area contributed by atoms with Crippen LogP contribution in [0.25, 0.3) is 11.0 Å². The molecule has 1 aliphatic heterocycles. The van der Waals surface area contributed by atoms with Crippen molar-refractivity contribution in [2.24, 2.45) is 0 Å². The summed E-state index contributed by atoms with van der Waals surface area (Å²) in [6, 6.07) is 0. The number of aryl methyl sites for hydroxylation is 3. The Kier molecular flexibility index (Phi) is 6.43. The fourth-order valence-corrected chi connectivity index (χ4v) is 5.28. The van der Waals surface area contributed by atoms with E-state index in [9.17, 15) is 4.79 Å². The van der Waals surface area contributed by atoms with Gasteiger partial charge in [-0.15, -0.1) is 0 Å². The smallest absolute Gasteiger partial charge is 0.221 e. The van der Waals surface area contributed by atoms with Gasteiger partial charge in [-0.1, -0.05) is 19.3 Å². The van der Waals surface area contributed by atoms with Gasteiger partial charge in [-0.05, 0) is 33.7 Å². The normalized spacial score (nSPS) is 20.6. The summed E-state index contributed by atoms with van der Waals surface area (Å²) in [5, 5.41) is 12.4. The quantitative estimate of drug-likeness (QED) is 0.749. The number of carbonyl (C=O) groups excluding carboxylic acids is 1. The molecule has 2 fully saturated rings. The number of fused-ring (bicyclic) bond motifs is 1. The largest absolute Gasteiger partial charge is 0.354 e. The van der Waals surface area contributed by atoms with E-state index in [0.717, 1.165) is 56.0 Å². The Hall–Kier alpha value is -1.93. The lowest BCUT2D eigenvalue weighted by Crippen LogP contribution is -2.61. The van der Waals surface area contributed by atoms with Crippen molar-refractivity contribution in [3.8, 4) is 0 Å². The molecule has 2 aromatic rings. The van der Waals surface area contributed by atoms with Gasteiger partial charge in [0.2, 0.25) is 5.91 Å². The van der Waals surface area contributed by atoms with Crippen molar-refractivity contribution < 1.29 is 4.79 Å². The summed E-state index contributed by atoms with van der Waals surface area (Å²) < 4.78 is 3.90. The van der Waals surface area contributed by atoms with E-state index in [1.165, 1.54) is 32.1 Å². The predicted octanol–water partition coefficient (Wildman–Crippen LogP) is 2.02. The minimum atomic E-state index is 0.123. The maximum Gasteiger partial charge on any atom is 0.221 e. The zero-order chi connectivity index (χ0) is 21.1. The summed E-state index contributed by atoms with van der Waals surface area (Å²) in [5.41, 5.74) is 3.21. The van der Waals surface area contributed by atoms with Crippen LogP contribution in [-0.2, 0) is 17.9 Å². The van der Waals surface area contributed by atoms with Crippen LogP contribution in [0.15, 0.2) is 6.20 Å². The van der Waals surface area contributed by atoms with Crippen LogP contribution in [0.1, 0.15) is 51.1 Å². The van der Waals surface area contributed by atoms with Gasteiger partial charge in [0.1, 0.15) is 11.0 Å². The summed E-state index contributed by atoms with van der Waals surface area (Å²) >= 11 is 0. The molecule has 0 spiro atoms. The van der Waals surface area contributed by atoms with Gasteiger partial charge in [0.05, 0.1) is 18.4 Å². The first-order valence-corrected chi connectivity index (χ1v) is 11.6. The number of rotatable bonds is 7. The van der Waals surface area contributed by atoms with Crippen molar-refractivity contribution in [2.75, 3.05) is 39.8 Å². The number of piperazine rings is 1. The average molecular weight is 416 g/mol. The number of carbonyl (C=O) groups is 1. The molecule has 2 aromatic heterocycles. The van der Waals surface area contributed by atoms with Crippen LogP contribution in [-0.4, -0.2) is 80.6 Å². The molecule has 0 unspecified atom stereocenters. The Morgan fingerprint density at radius 2 is 1.87 bits per heavy atom. The minimum Gasteiger partial charge on any atom is -0.354 e. The Balaban J connectivity index is 1.36. The molecule has 8 nitrogen and oxygen atoms in total. The summed E-state index contributed by atoms with van der Waals surface area (Å²) in [5.74, 6) is 0.123. The molecule has 1 saturated heterocycles. The van der Waals surface area contributed by atoms with Gasteiger partial charge in [0.15, 0.2) is 0 Å². The fraction of sp³-hybridized carbons (Fsp3) is 0.773. The van der Waals surface area contributed by atoms with Gasteiger partial charge in [-0.2, -0.15) is 10.2 Å². The molecule has 4 rings (SSSR count). The molecule has 8 heteroatoms. The summed E-state index contributed by atoms with van der Waals surface area (Å²) in [4.78, 5) is 17.8. The maximum absolute atomic E-state index is 12.7. The molecule has 30 heavy (non-hydrogen) atoms. The molecule has 1 aliphatic carbocycles. The van der Waals surface area contributed by atoms with Crippen molar-refractivity contribution in [2.45, 2.75) is 71.0 Å². The zero-order valence-electron chi connectivity index (χ0n) is 18.9. The summed E-state index contributed by atoms with van der Waals surface area (Å²) in [6.07, 6.45) is 8.58. The third-order valence-corrected chi connectivity index (χ3v) is 7.13. The second-order valence-corrected chi connectivity index (χ2v) is 9.10. The highest BCUT2D eigenvalue weighted by molar-refractivity contribution is 5.78. The van der Waals surface area contributed by atoms with Crippen LogP contribution in [0.4, 0.5) is 0 Å². The number of amides is 1. The Morgan fingerprint density at radius 1 is 1.13 bits per heavy atom. The van der Waals surface area contributed by atoms with E-state index < -0.39 is 0 Å². The van der Waals surface area contributed by atoms with E-state index >= 15 is 0 Å². The standard InChI is InChI=1S/C22H37N7O/c1-4-28-19-16-24-29(21(19)18(2)25-28)11-8-20(30)23-17-22(9-6-5-7-10-22)27-14-12-26(3)13-15-27/h16H,4-15,17H2,1-3H3,(H,23,30). The van der Waals surface area contributed by atoms with Crippen LogP contribution in [0.2, 0.25) is 0 Å². The average Bonchev–Trinajstić information content (AvgIpc) is 3.33. The molecule has 166 valence electrons. The van der Waals surface area contributed by atoms with Crippen molar-refractivity contribution in [1.29, 1.82) is 0 Å². The van der Waals surface area contributed by atoms with Crippen molar-refractivity contribution in [3.05, 3.63) is 11.9 Å². The first kappa shape index (κ1) is 21.3. The predicted molar refractivity (Wildman–Crippen MR) is 118 cm³/mol. The maximum atomic E-state index is 12.7. The first-order valence-electron chi connectivity index (χ1n) is 11.6. The highest BCUT2D eigenvalue weighted by Gasteiger charge is 2.39. The molecule has 0 radical (unpaired) electrons. The van der Waals surface area contributed by atoms with Gasteiger partial charge in [-0.25, -0.2) is 0 Å². The fourth-order valence-electron chi connectivity index (χ4n) is 5.28. The number of likely N-dealkylation sites (N-methyl/N-ethyl adjacent to an activating group) is 1. The van der Waals surface area contributed by atoms with E-state index in [2.05, 4.69) is 39.3 Å². The number of nitrogens with zero attached hydrogens (tertiary/aromatic N) is 6. The van der Waals surface area contributed by atoms with Crippen LogP contribution >= 0.6 is 0 Å². The van der Waals surface area contributed by atoms with Crippen molar-refractivity contribution in [3.63, 3.8) is 0 Å². The number of nitrogens with one attached hydrogen (secondary N) is 1. The lowest BCUT2D eigenvalue weighted by Gasteiger charge is -2.49. The molecule has 0 atom stereocenters. The van der Waals surface area contributed by atoms with E-state index in [1.807, 2.05) is 22.5 Å². The molecule has 1 amide bonds. The second kappa shape index (κ2) is 9.06. The van der Waals surface area contributed by atoms with Crippen LogP contribution in [0, 0.1) is 6.92 Å². The topological polar surface area (TPSA) is 71.2 Å². The molecule has 2 aliphatic rings. The Bertz CT molecular complexity index is 856. The SMILES string of the molecule is CCn1nc(C)c2c1cnn2CCC(=O)NCC1(N2CCN(C)CC2)CCCCC1. The monoisotopic (exact) mass is 415 g/mol. The summed E-state index contributed by atoms with van der Waals surface area (Å²) in [6.45, 7) is 10.7. The van der Waals surface area contributed by atoms with Gasteiger partial charge >= 0.3 is 0 Å². The number of hydrogen-bond acceptors (Lipinski definition) is 5. The highest BCUT2D eigenvalue weighted by atomic mass is 16.1. The van der Waals surface area contributed by atoms with E-state index in [1.54, 1.807) is 0 Å². The molecule has 0 aromatic carbocycles. The highest BCUT2D eigenvalue weighted by Crippen LogP contribution is 2.34. The summed E-state index contributed by atoms with van der Waals surface area (Å²) in [7, 11) is 2.20. The Morgan fingerprint density at radius 3 is 2.57 bits per heavy atom. The zero-order valence-corrected chi connectivity index (χ0v) is 18.9. The second-order valence-electron chi connectivity index (χ2n) is 9.10. The lowest BCUT2D eigenvalue weighted by molar-refractivity contribution is -0.122. The van der Waals surface area contributed by atoms with Crippen molar-refractivity contribution >= 4 is 16.9 Å². The molecule has 1 saturated carbocycles. The van der Waals surface area contributed by atoms with E-state index in [-0.39, 0.29) is 11.4 Å². The Labute approximate surface area is 179 Å².